The van der Waals surface area contributed by atoms with Gasteiger partial charge in [0.2, 0.25) is 5.91 Å². The van der Waals surface area contributed by atoms with Crippen LogP contribution in [0.25, 0.3) is 0 Å². The molecule has 1 aromatic rings. The number of likely N-dealkylation sites (tertiary alicyclic amines) is 1. The maximum atomic E-state index is 12.4. The lowest BCUT2D eigenvalue weighted by Crippen LogP contribution is -2.52. The monoisotopic (exact) mass is 347 g/mol. The number of benzene rings is 1. The van der Waals surface area contributed by atoms with E-state index >= 15 is 0 Å². The second kappa shape index (κ2) is 9.17. The molecule has 2 heterocycles. The van der Waals surface area contributed by atoms with Crippen LogP contribution in [0.3, 0.4) is 0 Å². The molecular formula is C19H29N3O3. The number of piperidine rings is 1. The summed E-state index contributed by atoms with van der Waals surface area (Å²) in [5.74, 6) is 0.831. The highest BCUT2D eigenvalue weighted by Gasteiger charge is 2.34. The third kappa shape index (κ3) is 5.17. The van der Waals surface area contributed by atoms with E-state index in [1.54, 1.807) is 0 Å². The second-order valence-electron chi connectivity index (χ2n) is 6.83. The van der Waals surface area contributed by atoms with Gasteiger partial charge in [-0.3, -0.25) is 9.69 Å². The van der Waals surface area contributed by atoms with Crippen LogP contribution in [0.15, 0.2) is 24.3 Å². The molecule has 1 amide bonds. The Bertz CT molecular complexity index is 543. The van der Waals surface area contributed by atoms with Gasteiger partial charge in [-0.05, 0) is 43.6 Å². The van der Waals surface area contributed by atoms with Gasteiger partial charge in [0.15, 0.2) is 0 Å². The lowest BCUT2D eigenvalue weighted by Gasteiger charge is -2.34. The zero-order valence-corrected chi connectivity index (χ0v) is 14.8. The first-order valence-corrected chi connectivity index (χ1v) is 9.29. The van der Waals surface area contributed by atoms with Gasteiger partial charge < -0.3 is 20.5 Å². The predicted octanol–water partition coefficient (Wildman–Crippen LogP) is 0.936. The van der Waals surface area contributed by atoms with Gasteiger partial charge >= 0.3 is 0 Å². The first kappa shape index (κ1) is 18.2. The highest BCUT2D eigenvalue weighted by molar-refractivity contribution is 5.79. The maximum absolute atomic E-state index is 12.4. The van der Waals surface area contributed by atoms with E-state index in [-0.39, 0.29) is 11.9 Å². The number of amides is 1. The topological polar surface area (TPSA) is 76.8 Å². The number of carbonyl (C=O) groups excluding carboxylic acids is 1. The largest absolute Gasteiger partial charge is 0.492 e. The molecule has 0 radical (unpaired) electrons. The van der Waals surface area contributed by atoms with Crippen molar-refractivity contribution in [2.45, 2.75) is 37.8 Å². The number of nitrogens with zero attached hydrogens (tertiary/aromatic N) is 1. The van der Waals surface area contributed by atoms with Crippen molar-refractivity contribution < 1.29 is 14.3 Å². The lowest BCUT2D eigenvalue weighted by atomic mass is 10.0. The molecule has 0 aliphatic carbocycles. The normalized spacial score (nSPS) is 24.2. The van der Waals surface area contributed by atoms with Crippen LogP contribution in [0.4, 0.5) is 0 Å². The second-order valence-corrected chi connectivity index (χ2v) is 6.83. The average molecular weight is 347 g/mol. The molecule has 0 saturated carbocycles. The fourth-order valence-electron chi connectivity index (χ4n) is 3.61. The Morgan fingerprint density at radius 1 is 1.20 bits per heavy atom. The highest BCUT2D eigenvalue weighted by atomic mass is 16.5. The number of nitrogens with two attached hydrogens (primary N) is 1. The van der Waals surface area contributed by atoms with Gasteiger partial charge in [0.25, 0.3) is 0 Å². The molecule has 3 N–H and O–H groups in total. The summed E-state index contributed by atoms with van der Waals surface area (Å²) in [6.45, 7) is 4.55. The van der Waals surface area contributed by atoms with E-state index in [0.717, 1.165) is 31.0 Å². The average Bonchev–Trinajstić information content (AvgIpc) is 3.10. The van der Waals surface area contributed by atoms with Crippen molar-refractivity contribution in [3.05, 3.63) is 29.8 Å². The zero-order valence-electron chi connectivity index (χ0n) is 14.8. The minimum Gasteiger partial charge on any atom is -0.492 e. The molecule has 25 heavy (non-hydrogen) atoms. The molecule has 0 unspecified atom stereocenters. The van der Waals surface area contributed by atoms with Crippen LogP contribution in [0.1, 0.15) is 24.8 Å². The molecule has 6 nitrogen and oxygen atoms in total. The summed E-state index contributed by atoms with van der Waals surface area (Å²) >= 11 is 0. The van der Waals surface area contributed by atoms with E-state index in [1.165, 1.54) is 19.3 Å². The predicted molar refractivity (Wildman–Crippen MR) is 96.7 cm³/mol. The molecule has 6 heteroatoms. The summed E-state index contributed by atoms with van der Waals surface area (Å²) in [7, 11) is 0. The number of hydrogen-bond donors (Lipinski definition) is 2. The van der Waals surface area contributed by atoms with E-state index in [1.807, 2.05) is 24.3 Å². The first-order valence-electron chi connectivity index (χ1n) is 9.29. The Balaban J connectivity index is 1.49. The SMILES string of the molecule is NCCOc1ccc(CC(=O)N[C@H]2COC[C@@H]2N2CCCCC2)cc1. The number of hydrogen-bond acceptors (Lipinski definition) is 5. The molecule has 0 spiro atoms. The van der Waals surface area contributed by atoms with E-state index < -0.39 is 0 Å². The van der Waals surface area contributed by atoms with Crippen molar-refractivity contribution >= 4 is 5.91 Å². The van der Waals surface area contributed by atoms with E-state index in [2.05, 4.69) is 10.2 Å². The van der Waals surface area contributed by atoms with Gasteiger partial charge in [0, 0.05) is 6.54 Å². The Kier molecular flexibility index (Phi) is 6.67. The number of ether oxygens (including phenoxy) is 2. The quantitative estimate of drug-likeness (QED) is 0.768. The third-order valence-corrected chi connectivity index (χ3v) is 4.93. The summed E-state index contributed by atoms with van der Waals surface area (Å²) in [5, 5.41) is 3.17. The van der Waals surface area contributed by atoms with E-state index in [4.69, 9.17) is 15.2 Å². The molecule has 2 fully saturated rings. The van der Waals surface area contributed by atoms with Crippen LogP contribution < -0.4 is 15.8 Å². The summed E-state index contributed by atoms with van der Waals surface area (Å²) in [4.78, 5) is 14.9. The zero-order chi connectivity index (χ0) is 17.5. The van der Waals surface area contributed by atoms with Crippen LogP contribution in [0, 0.1) is 0 Å². The van der Waals surface area contributed by atoms with Crippen molar-refractivity contribution in [1.29, 1.82) is 0 Å². The molecule has 2 aliphatic rings. The van der Waals surface area contributed by atoms with E-state index in [0.29, 0.717) is 32.2 Å². The first-order chi connectivity index (χ1) is 12.3. The maximum Gasteiger partial charge on any atom is 0.224 e. The van der Waals surface area contributed by atoms with Crippen LogP contribution >= 0.6 is 0 Å². The van der Waals surface area contributed by atoms with Gasteiger partial charge in [-0.2, -0.15) is 0 Å². The third-order valence-electron chi connectivity index (χ3n) is 4.93. The summed E-state index contributed by atoms with van der Waals surface area (Å²) in [5.41, 5.74) is 6.40. The molecular weight excluding hydrogens is 318 g/mol. The molecule has 2 saturated heterocycles. The van der Waals surface area contributed by atoms with Gasteiger partial charge in [0.1, 0.15) is 12.4 Å². The Labute approximate surface area is 149 Å². The molecule has 0 bridgehead atoms. The van der Waals surface area contributed by atoms with Crippen molar-refractivity contribution in [3.63, 3.8) is 0 Å². The van der Waals surface area contributed by atoms with Gasteiger partial charge in [-0.1, -0.05) is 18.6 Å². The summed E-state index contributed by atoms with van der Waals surface area (Å²) in [6, 6.07) is 8.03. The van der Waals surface area contributed by atoms with Crippen molar-refractivity contribution in [1.82, 2.24) is 10.2 Å². The smallest absolute Gasteiger partial charge is 0.224 e. The van der Waals surface area contributed by atoms with E-state index in [9.17, 15) is 4.79 Å². The van der Waals surface area contributed by atoms with Crippen molar-refractivity contribution in [2.75, 3.05) is 39.5 Å². The van der Waals surface area contributed by atoms with Crippen LogP contribution in [0.5, 0.6) is 5.75 Å². The number of nitrogens with one attached hydrogen (secondary N) is 1. The Morgan fingerprint density at radius 2 is 1.96 bits per heavy atom. The Morgan fingerprint density at radius 3 is 2.68 bits per heavy atom. The molecule has 3 rings (SSSR count). The highest BCUT2D eigenvalue weighted by Crippen LogP contribution is 2.19. The van der Waals surface area contributed by atoms with Crippen LogP contribution in [-0.2, 0) is 16.0 Å². The Hall–Kier alpha value is -1.63. The lowest BCUT2D eigenvalue weighted by molar-refractivity contribution is -0.121. The van der Waals surface area contributed by atoms with Crippen molar-refractivity contribution in [3.8, 4) is 5.75 Å². The van der Waals surface area contributed by atoms with Gasteiger partial charge in [-0.15, -0.1) is 0 Å². The molecule has 2 atom stereocenters. The van der Waals surface area contributed by atoms with Crippen molar-refractivity contribution in [2.24, 2.45) is 5.73 Å². The fraction of sp³-hybridized carbons (Fsp3) is 0.632. The molecule has 0 aromatic heterocycles. The van der Waals surface area contributed by atoms with Gasteiger partial charge in [0.05, 0.1) is 31.7 Å². The van der Waals surface area contributed by atoms with Gasteiger partial charge in [-0.25, -0.2) is 0 Å². The molecule has 138 valence electrons. The minimum absolute atomic E-state index is 0.0492. The summed E-state index contributed by atoms with van der Waals surface area (Å²) < 4.78 is 11.1. The van der Waals surface area contributed by atoms with Crippen LogP contribution in [-0.4, -0.2) is 62.3 Å². The standard InChI is InChI=1S/C19H29N3O3/c20-8-11-25-16-6-4-15(5-7-16)12-19(23)21-17-13-24-14-18(17)22-9-2-1-3-10-22/h4-7,17-18H,1-3,8-14,20H2,(H,21,23)/t17-,18-/m0/s1. The summed E-state index contributed by atoms with van der Waals surface area (Å²) in [6.07, 6.45) is 4.18. The van der Waals surface area contributed by atoms with Crippen LogP contribution in [0.2, 0.25) is 0 Å². The molecule has 2 aliphatic heterocycles. The number of rotatable bonds is 7. The number of carbonyl (C=O) groups is 1. The fourth-order valence-corrected chi connectivity index (χ4v) is 3.61. The minimum atomic E-state index is 0.0492. The molecule has 1 aromatic carbocycles.